The summed E-state index contributed by atoms with van der Waals surface area (Å²) in [5.74, 6) is 0. The zero-order valence-electron chi connectivity index (χ0n) is 7.20. The van der Waals surface area contributed by atoms with Gasteiger partial charge in [0, 0.05) is 4.90 Å². The predicted octanol–water partition coefficient (Wildman–Crippen LogP) is 2.64. The van der Waals surface area contributed by atoms with E-state index >= 15 is 0 Å². The van der Waals surface area contributed by atoms with Crippen LogP contribution in [0.25, 0.3) is 0 Å². The molecule has 1 aromatic heterocycles. The van der Waals surface area contributed by atoms with Gasteiger partial charge in [0.2, 0.25) is 0 Å². The molecule has 0 unspecified atom stereocenters. The summed E-state index contributed by atoms with van der Waals surface area (Å²) in [7, 11) is 0. The third kappa shape index (κ3) is 2.31. The van der Waals surface area contributed by atoms with Crippen molar-refractivity contribution in [3.8, 4) is 0 Å². The molecule has 1 heterocycles. The van der Waals surface area contributed by atoms with Gasteiger partial charge >= 0.3 is 0 Å². The molecule has 2 nitrogen and oxygen atoms in total. The summed E-state index contributed by atoms with van der Waals surface area (Å²) in [6.45, 7) is 0. The molecule has 0 aliphatic rings. The predicted molar refractivity (Wildman–Crippen MR) is 57.4 cm³/mol. The summed E-state index contributed by atoms with van der Waals surface area (Å²) in [5, 5.41) is 10.2. The lowest BCUT2D eigenvalue weighted by atomic mass is 10.6. The molecule has 0 amide bonds. The molecule has 12 heavy (non-hydrogen) atoms. The maximum absolute atomic E-state index is 4.11. The molecular formula is C7H10N2S3. The molecule has 66 valence electrons. The number of nitrogens with zero attached hydrogens (tertiary/aromatic N) is 2. The van der Waals surface area contributed by atoms with Crippen molar-refractivity contribution in [2.24, 2.45) is 0 Å². The molecule has 5 heteroatoms. The van der Waals surface area contributed by atoms with Crippen molar-refractivity contribution in [1.82, 2.24) is 10.2 Å². The van der Waals surface area contributed by atoms with E-state index in [1.165, 1.54) is 4.90 Å². The Kier molecular flexibility index (Phi) is 4.25. The number of rotatable bonds is 3. The van der Waals surface area contributed by atoms with Crippen molar-refractivity contribution in [3.63, 3.8) is 0 Å². The summed E-state index contributed by atoms with van der Waals surface area (Å²) in [6.07, 6.45) is 6.08. The van der Waals surface area contributed by atoms with E-state index in [4.69, 9.17) is 0 Å². The van der Waals surface area contributed by atoms with Gasteiger partial charge in [-0.2, -0.15) is 0 Å². The average Bonchev–Trinajstić information content (AvgIpc) is 2.16. The van der Waals surface area contributed by atoms with Crippen LogP contribution in [0.15, 0.2) is 21.0 Å². The van der Waals surface area contributed by atoms with Crippen LogP contribution in [0.4, 0.5) is 0 Å². The van der Waals surface area contributed by atoms with E-state index in [0.717, 1.165) is 10.1 Å². The van der Waals surface area contributed by atoms with Crippen LogP contribution in [0.3, 0.4) is 0 Å². The third-order valence-electron chi connectivity index (χ3n) is 1.33. The smallest absolute Gasteiger partial charge is 0.132 e. The van der Waals surface area contributed by atoms with Crippen molar-refractivity contribution in [2.75, 3.05) is 18.8 Å². The topological polar surface area (TPSA) is 25.8 Å². The second kappa shape index (κ2) is 4.99. The Morgan fingerprint density at radius 2 is 1.75 bits per heavy atom. The normalized spacial score (nSPS) is 10.2. The molecule has 1 rings (SSSR count). The van der Waals surface area contributed by atoms with Crippen LogP contribution in [0.2, 0.25) is 0 Å². The van der Waals surface area contributed by atoms with Gasteiger partial charge in [-0.1, -0.05) is 0 Å². The van der Waals surface area contributed by atoms with Gasteiger partial charge in [0.15, 0.2) is 0 Å². The summed E-state index contributed by atoms with van der Waals surface area (Å²) in [5.41, 5.74) is 0. The van der Waals surface area contributed by atoms with Gasteiger partial charge in [-0.25, -0.2) is 0 Å². The Morgan fingerprint density at radius 3 is 2.25 bits per heavy atom. The van der Waals surface area contributed by atoms with Crippen LogP contribution >= 0.6 is 35.3 Å². The minimum Gasteiger partial charge on any atom is -0.143 e. The third-order valence-corrected chi connectivity index (χ3v) is 3.51. The SMILES string of the molecule is CSc1cc(SC)c(SC)nn1. The van der Waals surface area contributed by atoms with Crippen molar-refractivity contribution in [1.29, 1.82) is 0 Å². The Morgan fingerprint density at radius 1 is 1.00 bits per heavy atom. The van der Waals surface area contributed by atoms with Crippen molar-refractivity contribution in [2.45, 2.75) is 14.9 Å². The molecule has 0 fully saturated rings. The molecule has 0 bridgehead atoms. The van der Waals surface area contributed by atoms with Crippen LogP contribution < -0.4 is 0 Å². The van der Waals surface area contributed by atoms with E-state index in [1.807, 2.05) is 12.5 Å². The molecule has 0 saturated carbocycles. The van der Waals surface area contributed by atoms with Gasteiger partial charge in [0.05, 0.1) is 0 Å². The highest BCUT2D eigenvalue weighted by Crippen LogP contribution is 2.27. The Hall–Kier alpha value is 0.130. The molecule has 0 aliphatic heterocycles. The fourth-order valence-corrected chi connectivity index (χ4v) is 2.49. The molecule has 0 radical (unpaired) electrons. The highest BCUT2D eigenvalue weighted by Gasteiger charge is 2.03. The quantitative estimate of drug-likeness (QED) is 0.727. The van der Waals surface area contributed by atoms with Crippen LogP contribution in [-0.4, -0.2) is 29.0 Å². The molecule has 0 aromatic carbocycles. The number of hydrogen-bond acceptors (Lipinski definition) is 5. The van der Waals surface area contributed by atoms with Crippen molar-refractivity contribution >= 4 is 35.3 Å². The number of hydrogen-bond donors (Lipinski definition) is 0. The second-order valence-corrected chi connectivity index (χ2v) is 4.43. The molecular weight excluding hydrogens is 208 g/mol. The minimum absolute atomic E-state index is 0.983. The van der Waals surface area contributed by atoms with Gasteiger partial charge in [-0.15, -0.1) is 45.5 Å². The lowest BCUT2D eigenvalue weighted by molar-refractivity contribution is 0.812. The molecule has 0 spiro atoms. The van der Waals surface area contributed by atoms with E-state index in [0.29, 0.717) is 0 Å². The Labute approximate surface area is 85.3 Å². The molecule has 0 atom stereocenters. The first-order valence-electron chi connectivity index (χ1n) is 3.31. The minimum atomic E-state index is 0.983. The van der Waals surface area contributed by atoms with Crippen LogP contribution in [-0.2, 0) is 0 Å². The summed E-state index contributed by atoms with van der Waals surface area (Å²) < 4.78 is 0. The lowest BCUT2D eigenvalue weighted by Crippen LogP contribution is -1.89. The first-order valence-corrected chi connectivity index (χ1v) is 6.99. The van der Waals surface area contributed by atoms with Gasteiger partial charge in [-0.05, 0) is 24.8 Å². The van der Waals surface area contributed by atoms with Gasteiger partial charge < -0.3 is 0 Å². The average molecular weight is 218 g/mol. The van der Waals surface area contributed by atoms with Gasteiger partial charge in [-0.3, -0.25) is 0 Å². The molecule has 0 aliphatic carbocycles. The maximum Gasteiger partial charge on any atom is 0.132 e. The Bertz CT molecular complexity index is 265. The van der Waals surface area contributed by atoms with E-state index in [9.17, 15) is 0 Å². The molecule has 0 N–H and O–H groups in total. The van der Waals surface area contributed by atoms with Crippen LogP contribution in [0.5, 0.6) is 0 Å². The summed E-state index contributed by atoms with van der Waals surface area (Å²) in [4.78, 5) is 1.21. The number of thioether (sulfide) groups is 3. The van der Waals surface area contributed by atoms with E-state index < -0.39 is 0 Å². The zero-order chi connectivity index (χ0) is 8.97. The highest BCUT2D eigenvalue weighted by atomic mass is 32.2. The Balaban J connectivity index is 3.02. The van der Waals surface area contributed by atoms with Crippen LogP contribution in [0.1, 0.15) is 0 Å². The molecule has 0 saturated heterocycles. The summed E-state index contributed by atoms with van der Waals surface area (Å²) in [6, 6.07) is 2.08. The van der Waals surface area contributed by atoms with E-state index in [-0.39, 0.29) is 0 Å². The largest absolute Gasteiger partial charge is 0.143 e. The molecule has 1 aromatic rings. The monoisotopic (exact) mass is 218 g/mol. The van der Waals surface area contributed by atoms with Crippen LogP contribution in [0, 0.1) is 0 Å². The van der Waals surface area contributed by atoms with Gasteiger partial charge in [0.1, 0.15) is 10.1 Å². The highest BCUT2D eigenvalue weighted by molar-refractivity contribution is 8.01. The summed E-state index contributed by atoms with van der Waals surface area (Å²) >= 11 is 4.97. The maximum atomic E-state index is 4.11. The standard InChI is InChI=1S/C7H10N2S3/c1-10-5-4-6(11-2)8-9-7(5)12-3/h4H,1-3H3. The first-order chi connectivity index (χ1) is 5.81. The zero-order valence-corrected chi connectivity index (χ0v) is 9.65. The fraction of sp³-hybridized carbons (Fsp3) is 0.429. The number of aromatic nitrogens is 2. The van der Waals surface area contributed by atoms with Crippen molar-refractivity contribution in [3.05, 3.63) is 6.07 Å². The van der Waals surface area contributed by atoms with E-state index in [2.05, 4.69) is 22.5 Å². The second-order valence-electron chi connectivity index (χ2n) is 1.96. The first kappa shape index (κ1) is 10.2. The van der Waals surface area contributed by atoms with Crippen molar-refractivity contribution < 1.29 is 0 Å². The lowest BCUT2D eigenvalue weighted by Gasteiger charge is -2.02. The van der Waals surface area contributed by atoms with Gasteiger partial charge in [0.25, 0.3) is 0 Å². The fourth-order valence-electron chi connectivity index (χ4n) is 0.734. The van der Waals surface area contributed by atoms with E-state index in [1.54, 1.807) is 35.3 Å².